The summed E-state index contributed by atoms with van der Waals surface area (Å²) in [5, 5.41) is 33.2. The lowest BCUT2D eigenvalue weighted by molar-refractivity contribution is -0.268. The first-order valence-corrected chi connectivity index (χ1v) is 16.5. The van der Waals surface area contributed by atoms with Crippen LogP contribution in [0.25, 0.3) is 0 Å². The van der Waals surface area contributed by atoms with Crippen LogP contribution < -0.4 is 10.1 Å². The summed E-state index contributed by atoms with van der Waals surface area (Å²) < 4.78 is 33.6. The molecule has 0 unspecified atom stereocenters. The number of aliphatic hydroxyl groups excluding tert-OH is 3. The van der Waals surface area contributed by atoms with E-state index in [4.69, 9.17) is 28.4 Å². The minimum atomic E-state index is -1.48. The molecule has 0 bridgehead atoms. The quantitative estimate of drug-likeness (QED) is 0.0832. The van der Waals surface area contributed by atoms with Crippen molar-refractivity contribution in [3.8, 4) is 5.75 Å². The van der Waals surface area contributed by atoms with Gasteiger partial charge in [0.1, 0.15) is 30.7 Å². The summed E-state index contributed by atoms with van der Waals surface area (Å²) in [5.74, 6) is -1.18. The second-order valence-electron chi connectivity index (χ2n) is 12.8. The zero-order valence-corrected chi connectivity index (χ0v) is 28.6. The largest absolute Gasteiger partial charge is 0.462 e. The summed E-state index contributed by atoms with van der Waals surface area (Å²) >= 11 is 0. The number of ether oxygens (including phenoxy) is 6. The van der Waals surface area contributed by atoms with Crippen molar-refractivity contribution >= 4 is 23.7 Å². The molecular weight excluding hydrogens is 644 g/mol. The van der Waals surface area contributed by atoms with Crippen LogP contribution in [-0.2, 0) is 55.9 Å². The van der Waals surface area contributed by atoms with E-state index in [0.29, 0.717) is 70.3 Å². The van der Waals surface area contributed by atoms with Crippen molar-refractivity contribution in [2.45, 2.75) is 84.3 Å². The van der Waals surface area contributed by atoms with Crippen LogP contribution in [-0.4, -0.2) is 127 Å². The van der Waals surface area contributed by atoms with E-state index in [-0.39, 0.29) is 25.5 Å². The van der Waals surface area contributed by atoms with Crippen LogP contribution in [0.15, 0.2) is 30.4 Å². The molecule has 0 aliphatic carbocycles. The maximum atomic E-state index is 12.4. The molecule has 1 fully saturated rings. The molecule has 0 spiro atoms. The van der Waals surface area contributed by atoms with Gasteiger partial charge in [-0.3, -0.25) is 24.1 Å². The van der Waals surface area contributed by atoms with Gasteiger partial charge in [0.15, 0.2) is 0 Å². The number of imide groups is 1. The molecule has 5 atom stereocenters. The summed E-state index contributed by atoms with van der Waals surface area (Å²) in [6, 6.07) is 5.39. The van der Waals surface area contributed by atoms with E-state index in [1.165, 1.54) is 12.2 Å². The molecule has 49 heavy (non-hydrogen) atoms. The molecule has 0 saturated carbocycles. The van der Waals surface area contributed by atoms with Crippen LogP contribution >= 0.6 is 0 Å². The summed E-state index contributed by atoms with van der Waals surface area (Å²) in [6.07, 6.45) is -2.42. The number of hydrogen-bond donors (Lipinski definition) is 4. The highest BCUT2D eigenvalue weighted by Gasteiger charge is 2.43. The lowest BCUT2D eigenvalue weighted by atomic mass is 9.97. The second kappa shape index (κ2) is 19.7. The van der Waals surface area contributed by atoms with Gasteiger partial charge in [0, 0.05) is 43.8 Å². The van der Waals surface area contributed by atoms with E-state index in [1.807, 2.05) is 12.1 Å². The Balaban J connectivity index is 1.30. The number of benzene rings is 1. The molecule has 2 heterocycles. The molecule has 2 aliphatic rings. The van der Waals surface area contributed by atoms with Crippen molar-refractivity contribution < 1.29 is 62.9 Å². The fourth-order valence-electron chi connectivity index (χ4n) is 4.75. The van der Waals surface area contributed by atoms with Crippen LogP contribution in [0.5, 0.6) is 5.75 Å². The first kappa shape index (κ1) is 40.0. The Hall–Kier alpha value is -3.44. The number of carbonyl (C=O) groups excluding carboxylic acids is 4. The van der Waals surface area contributed by atoms with Gasteiger partial charge in [-0.1, -0.05) is 6.07 Å². The Kier molecular flexibility index (Phi) is 16.1. The van der Waals surface area contributed by atoms with Crippen LogP contribution in [0.4, 0.5) is 0 Å². The third-order valence-electron chi connectivity index (χ3n) is 7.68. The van der Waals surface area contributed by atoms with Gasteiger partial charge in [0.25, 0.3) is 11.8 Å². The Morgan fingerprint density at radius 1 is 0.898 bits per heavy atom. The van der Waals surface area contributed by atoms with Crippen LogP contribution in [0.3, 0.4) is 0 Å². The molecule has 0 radical (unpaired) electrons. The van der Waals surface area contributed by atoms with Gasteiger partial charge in [0.2, 0.25) is 12.2 Å². The van der Waals surface area contributed by atoms with Gasteiger partial charge < -0.3 is 49.1 Å². The smallest absolute Gasteiger partial charge is 0.311 e. The Bertz CT molecular complexity index is 1260. The molecule has 0 aromatic heterocycles. The zero-order valence-electron chi connectivity index (χ0n) is 28.6. The number of esters is 1. The fraction of sp³-hybridized carbons (Fsp3) is 0.647. The Morgan fingerprint density at radius 3 is 2.18 bits per heavy atom. The number of nitrogens with zero attached hydrogens (tertiary/aromatic N) is 1. The van der Waals surface area contributed by atoms with E-state index in [0.717, 1.165) is 10.5 Å². The number of nitrogens with one attached hydrogen (secondary N) is 1. The van der Waals surface area contributed by atoms with Crippen molar-refractivity contribution in [1.29, 1.82) is 0 Å². The van der Waals surface area contributed by atoms with Gasteiger partial charge in [-0.2, -0.15) is 0 Å². The molecule has 2 aliphatic heterocycles. The first-order chi connectivity index (χ1) is 23.3. The van der Waals surface area contributed by atoms with Gasteiger partial charge in [0.05, 0.1) is 44.6 Å². The van der Waals surface area contributed by atoms with Crippen LogP contribution in [0.2, 0.25) is 0 Å². The highest BCUT2D eigenvalue weighted by atomic mass is 16.7. The molecule has 4 N–H and O–H groups in total. The van der Waals surface area contributed by atoms with Crippen LogP contribution in [0.1, 0.15) is 51.7 Å². The third-order valence-corrected chi connectivity index (χ3v) is 7.68. The molecule has 15 heteroatoms. The minimum absolute atomic E-state index is 0.0280. The molecule has 1 aromatic carbocycles. The molecule has 1 saturated heterocycles. The van der Waals surface area contributed by atoms with Gasteiger partial charge in [-0.15, -0.1) is 0 Å². The maximum Gasteiger partial charge on any atom is 0.311 e. The predicted molar refractivity (Wildman–Crippen MR) is 173 cm³/mol. The summed E-state index contributed by atoms with van der Waals surface area (Å²) in [5.41, 5.74) is 0.805. The Morgan fingerprint density at radius 2 is 1.53 bits per heavy atom. The average molecular weight is 695 g/mol. The summed E-state index contributed by atoms with van der Waals surface area (Å²) in [7, 11) is 0. The van der Waals surface area contributed by atoms with E-state index >= 15 is 0 Å². The SMILES string of the molecule is C[C@H]1O[C@@H](Oc2ccc(CCCOCCOCCOCCNC(=O)CCN3C(=O)C=CC3=O)cc2COC(=O)C(C)(C)C)[C@H](O)[C@@H](O)[C@@H]1O. The first-order valence-electron chi connectivity index (χ1n) is 16.5. The predicted octanol–water partition coefficient (Wildman–Crippen LogP) is 0.396. The van der Waals surface area contributed by atoms with Gasteiger partial charge in [-0.05, 0) is 58.2 Å². The summed E-state index contributed by atoms with van der Waals surface area (Å²) in [6.45, 7) is 9.37. The number of aliphatic hydroxyl groups is 3. The van der Waals surface area contributed by atoms with Crippen molar-refractivity contribution in [3.63, 3.8) is 0 Å². The number of carbonyl (C=O) groups is 4. The number of hydrogen-bond acceptors (Lipinski definition) is 13. The standard InChI is InChI=1S/C34H50N2O13/c1-22-29(40)30(41)31(42)32(48-22)49-25-8-7-23(20-24(25)21-47-33(43)34(2,3)4)6-5-14-44-16-18-46-19-17-45-15-12-35-26(37)11-13-36-27(38)9-10-28(36)39/h7-10,20,22,29-32,40-42H,5-6,11-19,21H2,1-4H3,(H,35,37)/t22-,29-,30+,31-,32+/m1/s1. The second-order valence-corrected chi connectivity index (χ2v) is 12.8. The maximum absolute atomic E-state index is 12.4. The van der Waals surface area contributed by atoms with Crippen molar-refractivity contribution in [2.75, 3.05) is 52.7 Å². The normalized spacial score (nSPS) is 22.4. The number of rotatable bonds is 20. The molecular formula is C34H50N2O13. The van der Waals surface area contributed by atoms with Crippen molar-refractivity contribution in [2.24, 2.45) is 5.41 Å². The number of aryl methyl sites for hydroxylation is 1. The Labute approximate surface area is 286 Å². The molecule has 3 amide bonds. The minimum Gasteiger partial charge on any atom is -0.462 e. The van der Waals surface area contributed by atoms with E-state index < -0.39 is 53.9 Å². The van der Waals surface area contributed by atoms with E-state index in [2.05, 4.69) is 5.32 Å². The van der Waals surface area contributed by atoms with Gasteiger partial charge >= 0.3 is 5.97 Å². The topological polar surface area (TPSA) is 200 Å². The van der Waals surface area contributed by atoms with E-state index in [9.17, 15) is 34.5 Å². The summed E-state index contributed by atoms with van der Waals surface area (Å²) in [4.78, 5) is 48.3. The van der Waals surface area contributed by atoms with Crippen molar-refractivity contribution in [3.05, 3.63) is 41.5 Å². The lowest BCUT2D eigenvalue weighted by Crippen LogP contribution is -2.58. The van der Waals surface area contributed by atoms with Crippen LogP contribution in [0, 0.1) is 5.41 Å². The molecule has 1 aromatic rings. The van der Waals surface area contributed by atoms with E-state index in [1.54, 1.807) is 33.8 Å². The monoisotopic (exact) mass is 694 g/mol. The number of amides is 3. The zero-order chi connectivity index (χ0) is 36.0. The van der Waals surface area contributed by atoms with Crippen molar-refractivity contribution in [1.82, 2.24) is 10.2 Å². The lowest BCUT2D eigenvalue weighted by Gasteiger charge is -2.39. The molecule has 15 nitrogen and oxygen atoms in total. The molecule has 274 valence electrons. The third kappa shape index (κ3) is 13.1. The molecule has 3 rings (SSSR count). The average Bonchev–Trinajstić information content (AvgIpc) is 3.38. The fourth-order valence-corrected chi connectivity index (χ4v) is 4.75. The highest BCUT2D eigenvalue weighted by Crippen LogP contribution is 2.29. The highest BCUT2D eigenvalue weighted by molar-refractivity contribution is 6.13. The van der Waals surface area contributed by atoms with Gasteiger partial charge in [-0.25, -0.2) is 0 Å².